The van der Waals surface area contributed by atoms with E-state index in [0.29, 0.717) is 0 Å². The molecule has 9 nitrogen and oxygen atoms in total. The number of amides is 4. The number of hydrogen-bond donors (Lipinski definition) is 2. The van der Waals surface area contributed by atoms with E-state index < -0.39 is 11.9 Å². The van der Waals surface area contributed by atoms with E-state index in [1.54, 1.807) is 6.92 Å². The molecule has 2 atom stereocenters. The Bertz CT molecular complexity index is 1010. The van der Waals surface area contributed by atoms with Crippen LogP contribution in [0, 0.1) is 19.8 Å². The molecule has 2 N–H and O–H groups in total. The molecule has 3 rings (SSSR count). The van der Waals surface area contributed by atoms with Gasteiger partial charge in [0.2, 0.25) is 17.7 Å². The van der Waals surface area contributed by atoms with Crippen LogP contribution in [0.5, 0.6) is 0 Å². The summed E-state index contributed by atoms with van der Waals surface area (Å²) in [5.41, 5.74) is 2.89. The van der Waals surface area contributed by atoms with Crippen molar-refractivity contribution in [3.63, 3.8) is 0 Å². The van der Waals surface area contributed by atoms with Gasteiger partial charge in [-0.25, -0.2) is 4.79 Å². The molecule has 1 aliphatic rings. The fourth-order valence-corrected chi connectivity index (χ4v) is 3.80. The van der Waals surface area contributed by atoms with Crippen LogP contribution in [0.4, 0.5) is 10.5 Å². The fraction of sp³-hybridized carbons (Fsp3) is 0.381. The largest absolute Gasteiger partial charge is 0.416 e. The molecule has 1 aromatic carbocycles. The zero-order valence-corrected chi connectivity index (χ0v) is 18.5. The highest BCUT2D eigenvalue weighted by Gasteiger charge is 2.39. The number of rotatable bonds is 8. The van der Waals surface area contributed by atoms with Gasteiger partial charge in [0.25, 0.3) is 5.22 Å². The molecular weight excluding hydrogens is 418 g/mol. The number of aryl methyl sites for hydroxylation is 1. The van der Waals surface area contributed by atoms with Gasteiger partial charge in [-0.05, 0) is 38.0 Å². The SMILES string of the molecule is C=CCN1C(=O)NC(C)C(Cc2nnc(SCC(=O)Nc3cccc(C)c3C)o2)C1=O. The van der Waals surface area contributed by atoms with Gasteiger partial charge in [-0.15, -0.1) is 16.8 Å². The number of aromatic nitrogens is 2. The first-order chi connectivity index (χ1) is 14.8. The number of nitrogens with zero attached hydrogens (tertiary/aromatic N) is 3. The molecule has 10 heteroatoms. The minimum Gasteiger partial charge on any atom is -0.416 e. The van der Waals surface area contributed by atoms with E-state index >= 15 is 0 Å². The van der Waals surface area contributed by atoms with Crippen molar-refractivity contribution in [1.82, 2.24) is 20.4 Å². The van der Waals surface area contributed by atoms with Crippen molar-refractivity contribution < 1.29 is 18.8 Å². The summed E-state index contributed by atoms with van der Waals surface area (Å²) in [5.74, 6) is -0.633. The summed E-state index contributed by atoms with van der Waals surface area (Å²) in [6.07, 6.45) is 1.69. The molecule has 1 aliphatic heterocycles. The third-order valence-corrected chi connectivity index (χ3v) is 5.96. The maximum Gasteiger partial charge on any atom is 0.324 e. The molecule has 0 spiro atoms. The Labute approximate surface area is 184 Å². The number of imide groups is 1. The van der Waals surface area contributed by atoms with Gasteiger partial charge in [0.1, 0.15) is 0 Å². The highest BCUT2D eigenvalue weighted by atomic mass is 32.2. The van der Waals surface area contributed by atoms with E-state index in [9.17, 15) is 14.4 Å². The molecule has 0 saturated carbocycles. The lowest BCUT2D eigenvalue weighted by atomic mass is 9.93. The second-order valence-corrected chi connectivity index (χ2v) is 8.26. The monoisotopic (exact) mass is 443 g/mol. The number of anilines is 1. The number of urea groups is 1. The van der Waals surface area contributed by atoms with Crippen molar-refractivity contribution in [2.75, 3.05) is 17.6 Å². The predicted molar refractivity (Wildman–Crippen MR) is 117 cm³/mol. The van der Waals surface area contributed by atoms with Crippen LogP contribution in [0.25, 0.3) is 0 Å². The number of hydrogen-bond acceptors (Lipinski definition) is 7. The Balaban J connectivity index is 1.57. The zero-order valence-electron chi connectivity index (χ0n) is 17.7. The first-order valence-corrected chi connectivity index (χ1v) is 10.8. The predicted octanol–water partition coefficient (Wildman–Crippen LogP) is 2.70. The lowest BCUT2D eigenvalue weighted by Crippen LogP contribution is -2.59. The fourth-order valence-electron chi connectivity index (χ4n) is 3.22. The molecule has 31 heavy (non-hydrogen) atoms. The average Bonchev–Trinajstić information content (AvgIpc) is 3.18. The quantitative estimate of drug-likeness (QED) is 0.476. The van der Waals surface area contributed by atoms with E-state index in [0.717, 1.165) is 33.5 Å². The van der Waals surface area contributed by atoms with Crippen molar-refractivity contribution in [2.45, 2.75) is 38.5 Å². The van der Waals surface area contributed by atoms with Crippen molar-refractivity contribution in [3.05, 3.63) is 47.9 Å². The zero-order chi connectivity index (χ0) is 22.5. The van der Waals surface area contributed by atoms with E-state index in [-0.39, 0.29) is 47.7 Å². The molecule has 0 aliphatic carbocycles. The highest BCUT2D eigenvalue weighted by Crippen LogP contribution is 2.23. The van der Waals surface area contributed by atoms with Gasteiger partial charge in [-0.3, -0.25) is 14.5 Å². The minimum atomic E-state index is -0.524. The lowest BCUT2D eigenvalue weighted by molar-refractivity contribution is -0.134. The molecule has 1 saturated heterocycles. The van der Waals surface area contributed by atoms with E-state index in [1.807, 2.05) is 32.0 Å². The van der Waals surface area contributed by atoms with Gasteiger partial charge in [0.15, 0.2) is 0 Å². The number of nitrogens with one attached hydrogen (secondary N) is 2. The molecule has 0 radical (unpaired) electrons. The van der Waals surface area contributed by atoms with Crippen molar-refractivity contribution in [2.24, 2.45) is 5.92 Å². The second kappa shape index (κ2) is 9.78. The normalized spacial score (nSPS) is 18.6. The van der Waals surface area contributed by atoms with Crippen molar-refractivity contribution in [1.29, 1.82) is 0 Å². The van der Waals surface area contributed by atoms with Crippen LogP contribution >= 0.6 is 11.8 Å². The van der Waals surface area contributed by atoms with Crippen LogP contribution in [0.15, 0.2) is 40.5 Å². The standard InChI is InChI=1S/C21H25N5O4S/c1-5-9-26-19(28)15(14(4)22-20(26)29)10-18-24-25-21(30-18)31-11-17(27)23-16-8-6-7-12(2)13(16)3/h5-8,14-15H,1,9-11H2,2-4H3,(H,22,29)(H,23,27). The van der Waals surface area contributed by atoms with Crippen LogP contribution in [-0.2, 0) is 16.0 Å². The summed E-state index contributed by atoms with van der Waals surface area (Å²) >= 11 is 1.12. The topological polar surface area (TPSA) is 117 Å². The molecule has 2 aromatic rings. The maximum atomic E-state index is 12.7. The number of benzene rings is 1. The maximum absolute atomic E-state index is 12.7. The smallest absolute Gasteiger partial charge is 0.324 e. The minimum absolute atomic E-state index is 0.108. The number of carbonyl (C=O) groups excluding carboxylic acids is 3. The van der Waals surface area contributed by atoms with Crippen molar-refractivity contribution in [3.8, 4) is 0 Å². The van der Waals surface area contributed by atoms with E-state index in [4.69, 9.17) is 4.42 Å². The molecule has 1 aromatic heterocycles. The summed E-state index contributed by atoms with van der Waals surface area (Å²) in [5, 5.41) is 13.8. The summed E-state index contributed by atoms with van der Waals surface area (Å²) in [7, 11) is 0. The van der Waals surface area contributed by atoms with Gasteiger partial charge in [-0.2, -0.15) is 0 Å². The molecular formula is C21H25N5O4S. The van der Waals surface area contributed by atoms with Crippen LogP contribution in [0.2, 0.25) is 0 Å². The Morgan fingerprint density at radius 2 is 2.13 bits per heavy atom. The Morgan fingerprint density at radius 1 is 1.35 bits per heavy atom. The summed E-state index contributed by atoms with van der Waals surface area (Å²) < 4.78 is 5.61. The van der Waals surface area contributed by atoms with Gasteiger partial charge in [0.05, 0.1) is 11.7 Å². The van der Waals surface area contributed by atoms with Gasteiger partial charge >= 0.3 is 6.03 Å². The van der Waals surface area contributed by atoms with Crippen LogP contribution in [0.1, 0.15) is 23.9 Å². The molecule has 4 amide bonds. The molecule has 2 heterocycles. The third-order valence-electron chi connectivity index (χ3n) is 5.14. The number of thioether (sulfide) groups is 1. The van der Waals surface area contributed by atoms with Gasteiger partial charge in [-0.1, -0.05) is 30.0 Å². The van der Waals surface area contributed by atoms with Gasteiger partial charge in [0, 0.05) is 24.7 Å². The van der Waals surface area contributed by atoms with Gasteiger partial charge < -0.3 is 15.1 Å². The number of carbonyl (C=O) groups is 3. The second-order valence-electron chi connectivity index (χ2n) is 7.33. The Morgan fingerprint density at radius 3 is 2.87 bits per heavy atom. The first-order valence-electron chi connectivity index (χ1n) is 9.84. The summed E-state index contributed by atoms with van der Waals surface area (Å²) in [6.45, 7) is 9.41. The average molecular weight is 444 g/mol. The molecule has 1 fully saturated rings. The van der Waals surface area contributed by atoms with Crippen LogP contribution in [0.3, 0.4) is 0 Å². The molecule has 164 valence electrons. The van der Waals surface area contributed by atoms with E-state index in [1.165, 1.54) is 6.08 Å². The Kier molecular flexibility index (Phi) is 7.11. The van der Waals surface area contributed by atoms with Crippen LogP contribution < -0.4 is 10.6 Å². The Hall–Kier alpha value is -3.14. The summed E-state index contributed by atoms with van der Waals surface area (Å²) in [6, 6.07) is 4.92. The first kappa shape index (κ1) is 22.5. The van der Waals surface area contributed by atoms with Crippen LogP contribution in [-0.4, -0.2) is 51.3 Å². The third kappa shape index (κ3) is 5.32. The van der Waals surface area contributed by atoms with E-state index in [2.05, 4.69) is 27.4 Å². The lowest BCUT2D eigenvalue weighted by Gasteiger charge is -2.34. The molecule has 2 unspecified atom stereocenters. The highest BCUT2D eigenvalue weighted by molar-refractivity contribution is 7.99. The van der Waals surface area contributed by atoms with Crippen molar-refractivity contribution >= 4 is 35.3 Å². The summed E-state index contributed by atoms with van der Waals surface area (Å²) in [4.78, 5) is 38.0. The molecule has 0 bridgehead atoms.